The fourth-order valence-electron chi connectivity index (χ4n) is 4.47. The molecule has 4 rings (SSSR count). The molecule has 1 atom stereocenters. The second kappa shape index (κ2) is 11.2. The predicted octanol–water partition coefficient (Wildman–Crippen LogP) is 5.57. The first kappa shape index (κ1) is 30.1. The molecular formula is C28H26F3NO7S2. The maximum absolute atomic E-state index is 14.1. The van der Waals surface area contributed by atoms with E-state index in [2.05, 4.69) is 0 Å². The van der Waals surface area contributed by atoms with Crippen molar-refractivity contribution in [1.29, 1.82) is 0 Å². The van der Waals surface area contributed by atoms with Crippen LogP contribution in [0, 0.1) is 13.8 Å². The monoisotopic (exact) mass is 609 g/mol. The molecule has 3 aromatic carbocycles. The smallest absolute Gasteiger partial charge is 0.466 e. The zero-order valence-electron chi connectivity index (χ0n) is 22.2. The third kappa shape index (κ3) is 5.96. The highest BCUT2D eigenvalue weighted by Gasteiger charge is 2.51. The molecule has 218 valence electrons. The van der Waals surface area contributed by atoms with Gasteiger partial charge in [-0.2, -0.15) is 21.6 Å². The summed E-state index contributed by atoms with van der Waals surface area (Å²) < 4.78 is 104. The number of anilines is 1. The average Bonchev–Trinajstić information content (AvgIpc) is 3.20. The Morgan fingerprint density at radius 3 is 2.10 bits per heavy atom. The van der Waals surface area contributed by atoms with E-state index in [9.17, 15) is 34.8 Å². The van der Waals surface area contributed by atoms with E-state index in [0.29, 0.717) is 5.56 Å². The molecule has 0 amide bonds. The number of alkyl halides is 3. The Balaban J connectivity index is 2.10. The first-order valence-corrected chi connectivity index (χ1v) is 15.2. The number of fused-ring (bicyclic) bond motifs is 1. The van der Waals surface area contributed by atoms with E-state index in [1.165, 1.54) is 55.5 Å². The zero-order valence-corrected chi connectivity index (χ0v) is 23.8. The quantitative estimate of drug-likeness (QED) is 0.142. The van der Waals surface area contributed by atoms with Gasteiger partial charge in [-0.1, -0.05) is 59.7 Å². The van der Waals surface area contributed by atoms with Gasteiger partial charge in [0.2, 0.25) is 0 Å². The molecule has 41 heavy (non-hydrogen) atoms. The second-order valence-electron chi connectivity index (χ2n) is 9.25. The van der Waals surface area contributed by atoms with Crippen molar-refractivity contribution in [2.45, 2.75) is 43.6 Å². The Bertz CT molecular complexity index is 1700. The molecule has 0 fully saturated rings. The van der Waals surface area contributed by atoms with E-state index in [4.69, 9.17) is 8.92 Å². The number of hydrogen-bond donors (Lipinski definition) is 0. The maximum atomic E-state index is 14.1. The molecule has 0 aromatic heterocycles. The summed E-state index contributed by atoms with van der Waals surface area (Å²) in [4.78, 5) is 12.7. The lowest BCUT2D eigenvalue weighted by Gasteiger charge is -2.28. The van der Waals surface area contributed by atoms with Crippen LogP contribution < -0.4 is 4.31 Å². The number of hydrogen-bond acceptors (Lipinski definition) is 7. The number of aryl methyl sites for hydroxylation is 2. The Morgan fingerprint density at radius 1 is 0.902 bits per heavy atom. The van der Waals surface area contributed by atoms with Crippen LogP contribution in [0.3, 0.4) is 0 Å². The van der Waals surface area contributed by atoms with Crippen LogP contribution in [0.4, 0.5) is 18.9 Å². The summed E-state index contributed by atoms with van der Waals surface area (Å²) in [6.45, 7) is 4.92. The summed E-state index contributed by atoms with van der Waals surface area (Å²) in [5, 5.41) is 0. The molecule has 0 spiro atoms. The number of halogens is 3. The average molecular weight is 610 g/mol. The van der Waals surface area contributed by atoms with E-state index in [-0.39, 0.29) is 33.9 Å². The fourth-order valence-corrected chi connectivity index (χ4v) is 6.61. The minimum absolute atomic E-state index is 0.0295. The van der Waals surface area contributed by atoms with Crippen molar-refractivity contribution in [3.8, 4) is 0 Å². The molecule has 1 heterocycles. The lowest BCUT2D eigenvalue weighted by Crippen LogP contribution is -2.39. The molecule has 3 aromatic rings. The maximum Gasteiger partial charge on any atom is 0.534 e. The predicted molar refractivity (Wildman–Crippen MR) is 146 cm³/mol. The SMILES string of the molecule is CCOC(=O)C[C@H]1/C(=C(\OS(=O)(=O)C(F)(F)F)c2ccccc2)c2cc(C)ccc2N1S(=O)(=O)c1ccc(C)cc1. The number of rotatable bonds is 8. The number of carbonyl (C=O) groups is 1. The van der Waals surface area contributed by atoms with Gasteiger partial charge in [-0.3, -0.25) is 9.10 Å². The summed E-state index contributed by atoms with van der Waals surface area (Å²) in [6.07, 6.45) is -0.645. The van der Waals surface area contributed by atoms with Crippen molar-refractivity contribution in [3.05, 3.63) is 95.1 Å². The largest absolute Gasteiger partial charge is 0.534 e. The van der Waals surface area contributed by atoms with Gasteiger partial charge in [-0.25, -0.2) is 8.42 Å². The van der Waals surface area contributed by atoms with Crippen molar-refractivity contribution in [1.82, 2.24) is 0 Å². The molecule has 0 N–H and O–H groups in total. The van der Waals surface area contributed by atoms with Gasteiger partial charge in [-0.05, 0) is 45.0 Å². The number of benzene rings is 3. The van der Waals surface area contributed by atoms with Crippen LogP contribution >= 0.6 is 0 Å². The van der Waals surface area contributed by atoms with Crippen molar-refractivity contribution < 1.29 is 43.7 Å². The molecule has 8 nitrogen and oxygen atoms in total. The fraction of sp³-hybridized carbons (Fsp3) is 0.250. The lowest BCUT2D eigenvalue weighted by atomic mass is 9.95. The topological polar surface area (TPSA) is 107 Å². The third-order valence-corrected chi connectivity index (χ3v) is 9.09. The van der Waals surface area contributed by atoms with Crippen molar-refractivity contribution in [2.75, 3.05) is 10.9 Å². The molecule has 0 saturated heterocycles. The van der Waals surface area contributed by atoms with Gasteiger partial charge in [-0.15, -0.1) is 0 Å². The van der Waals surface area contributed by atoms with E-state index in [0.717, 1.165) is 9.87 Å². The summed E-state index contributed by atoms with van der Waals surface area (Å²) in [5.74, 6) is -1.61. The van der Waals surface area contributed by atoms with Crippen molar-refractivity contribution in [2.24, 2.45) is 0 Å². The molecule has 0 aliphatic carbocycles. The van der Waals surface area contributed by atoms with Gasteiger partial charge in [0, 0.05) is 16.7 Å². The molecule has 1 aliphatic heterocycles. The van der Waals surface area contributed by atoms with Gasteiger partial charge < -0.3 is 8.92 Å². The normalized spacial score (nSPS) is 16.7. The first-order chi connectivity index (χ1) is 19.2. The van der Waals surface area contributed by atoms with Crippen LogP contribution in [0.5, 0.6) is 0 Å². The van der Waals surface area contributed by atoms with Crippen LogP contribution in [0.1, 0.15) is 35.6 Å². The number of nitrogens with zero attached hydrogens (tertiary/aromatic N) is 1. The molecule has 0 unspecified atom stereocenters. The molecular weight excluding hydrogens is 583 g/mol. The van der Waals surface area contributed by atoms with E-state index in [1.807, 2.05) is 0 Å². The van der Waals surface area contributed by atoms with E-state index in [1.54, 1.807) is 38.1 Å². The highest BCUT2D eigenvalue weighted by Crippen LogP contribution is 2.49. The number of esters is 1. The van der Waals surface area contributed by atoms with Crippen LogP contribution in [0.25, 0.3) is 11.3 Å². The standard InChI is InChI=1S/C28H26F3NO7S2/c1-4-38-25(33)17-24-26(27(20-8-6-5-7-9-20)39-41(36,37)28(29,30)31)22-16-19(3)12-15-23(22)32(24)40(34,35)21-13-10-18(2)11-14-21/h5-16,24H,4,17H2,1-3H3/b27-26-/t24-/m0/s1. The minimum atomic E-state index is -6.21. The molecule has 0 radical (unpaired) electrons. The van der Waals surface area contributed by atoms with Gasteiger partial charge in [0.05, 0.1) is 29.7 Å². The van der Waals surface area contributed by atoms with Gasteiger partial charge in [0.15, 0.2) is 5.76 Å². The number of carbonyl (C=O) groups excluding carboxylic acids is 1. The first-order valence-electron chi connectivity index (χ1n) is 12.4. The second-order valence-corrected chi connectivity index (χ2v) is 12.6. The molecule has 13 heteroatoms. The van der Waals surface area contributed by atoms with Gasteiger partial charge >= 0.3 is 21.6 Å². The lowest BCUT2D eigenvalue weighted by molar-refractivity contribution is -0.143. The van der Waals surface area contributed by atoms with Crippen molar-refractivity contribution in [3.63, 3.8) is 0 Å². The van der Waals surface area contributed by atoms with E-state index < -0.39 is 49.8 Å². The molecule has 0 bridgehead atoms. The van der Waals surface area contributed by atoms with Crippen molar-refractivity contribution >= 4 is 43.1 Å². The van der Waals surface area contributed by atoms with E-state index >= 15 is 0 Å². The molecule has 1 aliphatic rings. The zero-order chi connectivity index (χ0) is 30.2. The van der Waals surface area contributed by atoms with Crippen LogP contribution in [0.15, 0.2) is 77.7 Å². The van der Waals surface area contributed by atoms with Gasteiger partial charge in [0.25, 0.3) is 10.0 Å². The van der Waals surface area contributed by atoms with Gasteiger partial charge in [0.1, 0.15) is 0 Å². The van der Waals surface area contributed by atoms with Crippen LogP contribution in [-0.4, -0.2) is 41.0 Å². The minimum Gasteiger partial charge on any atom is -0.466 e. The Kier molecular flexibility index (Phi) is 8.23. The number of sulfonamides is 1. The number of ether oxygens (including phenoxy) is 1. The summed E-state index contributed by atoms with van der Waals surface area (Å²) in [7, 11) is -10.7. The third-order valence-electron chi connectivity index (χ3n) is 6.30. The van der Waals surface area contributed by atoms with Crippen LogP contribution in [-0.2, 0) is 33.9 Å². The Morgan fingerprint density at radius 2 is 1.51 bits per heavy atom. The summed E-state index contributed by atoms with van der Waals surface area (Å²) >= 11 is 0. The summed E-state index contributed by atoms with van der Waals surface area (Å²) in [6, 6.07) is 16.0. The van der Waals surface area contributed by atoms with Crippen LogP contribution in [0.2, 0.25) is 0 Å². The Labute approximate surface area is 236 Å². The Hall–Kier alpha value is -3.84. The molecule has 0 saturated carbocycles. The highest BCUT2D eigenvalue weighted by molar-refractivity contribution is 7.93. The highest BCUT2D eigenvalue weighted by atomic mass is 32.2. The summed E-state index contributed by atoms with van der Waals surface area (Å²) in [5.41, 5.74) is -4.60.